The molecular formula is C22H21N5O2. The Kier molecular flexibility index (Phi) is 4.95. The zero-order valence-electron chi connectivity index (χ0n) is 16.5. The van der Waals surface area contributed by atoms with Crippen LogP contribution in [0.4, 0.5) is 5.69 Å². The zero-order valence-corrected chi connectivity index (χ0v) is 16.5. The summed E-state index contributed by atoms with van der Waals surface area (Å²) in [5, 5.41) is 15.9. The fourth-order valence-electron chi connectivity index (χ4n) is 3.26. The SMILES string of the molecule is CCOc1ccc(NC(=O)c2nnc3c(-c4ccccc4)c(C)nn3c2C)cc1. The molecule has 0 bridgehead atoms. The number of rotatable bonds is 5. The number of amides is 1. The van der Waals surface area contributed by atoms with E-state index in [9.17, 15) is 4.79 Å². The van der Waals surface area contributed by atoms with Crippen molar-refractivity contribution in [1.82, 2.24) is 19.8 Å². The Morgan fingerprint density at radius 2 is 1.76 bits per heavy atom. The van der Waals surface area contributed by atoms with Gasteiger partial charge >= 0.3 is 0 Å². The summed E-state index contributed by atoms with van der Waals surface area (Å²) in [6.07, 6.45) is 0. The van der Waals surface area contributed by atoms with Gasteiger partial charge in [0.05, 0.1) is 23.6 Å². The Bertz CT molecular complexity index is 1170. The number of ether oxygens (including phenoxy) is 1. The van der Waals surface area contributed by atoms with Gasteiger partial charge in [-0.05, 0) is 50.6 Å². The summed E-state index contributed by atoms with van der Waals surface area (Å²) < 4.78 is 7.10. The van der Waals surface area contributed by atoms with Crippen LogP contribution in [0.5, 0.6) is 5.75 Å². The molecule has 0 radical (unpaired) electrons. The number of carbonyl (C=O) groups excluding carboxylic acids is 1. The lowest BCUT2D eigenvalue weighted by molar-refractivity contribution is 0.102. The van der Waals surface area contributed by atoms with Gasteiger partial charge in [-0.1, -0.05) is 30.3 Å². The molecule has 1 N–H and O–H groups in total. The first-order valence-corrected chi connectivity index (χ1v) is 9.40. The second-order valence-electron chi connectivity index (χ2n) is 6.61. The highest BCUT2D eigenvalue weighted by Crippen LogP contribution is 2.27. The van der Waals surface area contributed by atoms with Crippen molar-refractivity contribution < 1.29 is 9.53 Å². The molecule has 4 rings (SSSR count). The molecule has 0 unspecified atom stereocenters. The smallest absolute Gasteiger partial charge is 0.278 e. The molecule has 2 aromatic heterocycles. The van der Waals surface area contributed by atoms with Gasteiger partial charge in [0.1, 0.15) is 5.75 Å². The molecule has 0 atom stereocenters. The van der Waals surface area contributed by atoms with Crippen LogP contribution in [0.3, 0.4) is 0 Å². The van der Waals surface area contributed by atoms with Gasteiger partial charge in [0, 0.05) is 5.69 Å². The van der Waals surface area contributed by atoms with Gasteiger partial charge in [0.2, 0.25) is 0 Å². The topological polar surface area (TPSA) is 81.4 Å². The molecule has 4 aromatic rings. The Labute approximate surface area is 168 Å². The summed E-state index contributed by atoms with van der Waals surface area (Å²) in [5.74, 6) is 0.416. The van der Waals surface area contributed by atoms with Crippen molar-refractivity contribution in [2.75, 3.05) is 11.9 Å². The van der Waals surface area contributed by atoms with Gasteiger partial charge in [-0.15, -0.1) is 10.2 Å². The van der Waals surface area contributed by atoms with Crippen LogP contribution in [0.2, 0.25) is 0 Å². The van der Waals surface area contributed by atoms with Gasteiger partial charge in [-0.25, -0.2) is 4.52 Å². The molecule has 1 amide bonds. The predicted octanol–water partition coefficient (Wildman–Crippen LogP) is 4.06. The number of aryl methyl sites for hydroxylation is 2. The Morgan fingerprint density at radius 1 is 1.03 bits per heavy atom. The molecule has 0 saturated heterocycles. The summed E-state index contributed by atoms with van der Waals surface area (Å²) in [6.45, 7) is 6.26. The summed E-state index contributed by atoms with van der Waals surface area (Å²) in [6, 6.07) is 17.1. The van der Waals surface area contributed by atoms with Crippen LogP contribution in [-0.2, 0) is 0 Å². The first-order chi connectivity index (χ1) is 14.1. The van der Waals surface area contributed by atoms with Crippen LogP contribution in [0, 0.1) is 13.8 Å². The van der Waals surface area contributed by atoms with E-state index in [1.54, 1.807) is 16.6 Å². The van der Waals surface area contributed by atoms with E-state index in [2.05, 4.69) is 20.6 Å². The van der Waals surface area contributed by atoms with E-state index in [1.807, 2.05) is 63.2 Å². The third-order valence-corrected chi connectivity index (χ3v) is 4.64. The number of carbonyl (C=O) groups is 1. The minimum atomic E-state index is -0.338. The second-order valence-corrected chi connectivity index (χ2v) is 6.61. The lowest BCUT2D eigenvalue weighted by Crippen LogP contribution is -2.18. The van der Waals surface area contributed by atoms with E-state index in [0.717, 1.165) is 22.6 Å². The minimum absolute atomic E-state index is 0.230. The van der Waals surface area contributed by atoms with Crippen molar-refractivity contribution in [3.63, 3.8) is 0 Å². The highest BCUT2D eigenvalue weighted by atomic mass is 16.5. The van der Waals surface area contributed by atoms with Gasteiger partial charge < -0.3 is 10.1 Å². The molecule has 29 heavy (non-hydrogen) atoms. The molecule has 2 heterocycles. The van der Waals surface area contributed by atoms with Crippen LogP contribution in [0.1, 0.15) is 28.8 Å². The fraction of sp³-hybridized carbons (Fsp3) is 0.182. The average molecular weight is 387 g/mol. The summed E-state index contributed by atoms with van der Waals surface area (Å²) in [7, 11) is 0. The van der Waals surface area contributed by atoms with Gasteiger partial charge in [0.25, 0.3) is 5.91 Å². The minimum Gasteiger partial charge on any atom is -0.494 e. The van der Waals surface area contributed by atoms with Crippen LogP contribution in [0.25, 0.3) is 16.8 Å². The third-order valence-electron chi connectivity index (χ3n) is 4.64. The number of nitrogens with one attached hydrogen (secondary N) is 1. The van der Waals surface area contributed by atoms with Crippen molar-refractivity contribution in [3.05, 3.63) is 71.7 Å². The number of fused-ring (bicyclic) bond motifs is 1. The molecule has 7 nitrogen and oxygen atoms in total. The molecule has 0 aliphatic heterocycles. The molecule has 7 heteroatoms. The van der Waals surface area contributed by atoms with Crippen LogP contribution >= 0.6 is 0 Å². The van der Waals surface area contributed by atoms with Crippen molar-refractivity contribution in [3.8, 4) is 16.9 Å². The van der Waals surface area contributed by atoms with E-state index in [1.165, 1.54) is 0 Å². The van der Waals surface area contributed by atoms with E-state index in [-0.39, 0.29) is 11.6 Å². The van der Waals surface area contributed by atoms with Gasteiger partial charge in [0.15, 0.2) is 11.3 Å². The molecule has 146 valence electrons. The summed E-state index contributed by atoms with van der Waals surface area (Å²) in [4.78, 5) is 12.8. The van der Waals surface area contributed by atoms with Gasteiger partial charge in [-0.2, -0.15) is 5.10 Å². The van der Waals surface area contributed by atoms with Crippen molar-refractivity contribution in [2.45, 2.75) is 20.8 Å². The lowest BCUT2D eigenvalue weighted by atomic mass is 10.1. The molecule has 0 aliphatic carbocycles. The highest BCUT2D eigenvalue weighted by molar-refractivity contribution is 6.03. The maximum Gasteiger partial charge on any atom is 0.278 e. The Hall–Kier alpha value is -3.74. The van der Waals surface area contributed by atoms with Gasteiger partial charge in [-0.3, -0.25) is 4.79 Å². The average Bonchev–Trinajstić information content (AvgIpc) is 3.07. The third kappa shape index (κ3) is 3.54. The number of benzene rings is 2. The number of hydrogen-bond acceptors (Lipinski definition) is 5. The maximum atomic E-state index is 12.8. The first-order valence-electron chi connectivity index (χ1n) is 9.40. The van der Waals surface area contributed by atoms with E-state index in [4.69, 9.17) is 4.74 Å². The quantitative estimate of drug-likeness (QED) is 0.558. The number of hydrogen-bond donors (Lipinski definition) is 1. The second kappa shape index (κ2) is 7.71. The first kappa shape index (κ1) is 18.6. The van der Waals surface area contributed by atoms with Crippen LogP contribution < -0.4 is 10.1 Å². The lowest BCUT2D eigenvalue weighted by Gasteiger charge is -2.09. The standard InChI is InChI=1S/C22H21N5O2/c1-4-29-18-12-10-17(11-13-18)23-22(28)20-15(3)27-21(25-24-20)19(14(2)26-27)16-8-6-5-7-9-16/h5-13H,4H2,1-3H3,(H,23,28). The monoisotopic (exact) mass is 387 g/mol. The Balaban J connectivity index is 1.66. The van der Waals surface area contributed by atoms with Crippen molar-refractivity contribution >= 4 is 17.2 Å². The van der Waals surface area contributed by atoms with Crippen molar-refractivity contribution in [1.29, 1.82) is 0 Å². The largest absolute Gasteiger partial charge is 0.494 e. The number of aromatic nitrogens is 4. The maximum absolute atomic E-state index is 12.8. The zero-order chi connectivity index (χ0) is 20.4. The molecule has 0 fully saturated rings. The summed E-state index contributed by atoms with van der Waals surface area (Å²) in [5.41, 5.74) is 4.90. The van der Waals surface area contributed by atoms with E-state index >= 15 is 0 Å². The molecule has 0 saturated carbocycles. The number of anilines is 1. The van der Waals surface area contributed by atoms with Crippen LogP contribution in [0.15, 0.2) is 54.6 Å². The molecule has 0 spiro atoms. The highest BCUT2D eigenvalue weighted by Gasteiger charge is 2.20. The van der Waals surface area contributed by atoms with E-state index in [0.29, 0.717) is 23.6 Å². The molecular weight excluding hydrogens is 366 g/mol. The summed E-state index contributed by atoms with van der Waals surface area (Å²) >= 11 is 0. The number of nitrogens with zero attached hydrogens (tertiary/aromatic N) is 4. The van der Waals surface area contributed by atoms with Crippen LogP contribution in [-0.4, -0.2) is 32.3 Å². The normalized spacial score (nSPS) is 10.9. The predicted molar refractivity (Wildman–Crippen MR) is 111 cm³/mol. The molecule has 0 aliphatic rings. The molecule has 2 aromatic carbocycles. The fourth-order valence-corrected chi connectivity index (χ4v) is 3.26. The Morgan fingerprint density at radius 3 is 2.45 bits per heavy atom. The van der Waals surface area contributed by atoms with E-state index < -0.39 is 0 Å². The van der Waals surface area contributed by atoms with Crippen molar-refractivity contribution in [2.24, 2.45) is 0 Å².